The van der Waals surface area contributed by atoms with Crippen LogP contribution in [0.5, 0.6) is 0 Å². The summed E-state index contributed by atoms with van der Waals surface area (Å²) < 4.78 is 0. The highest BCUT2D eigenvalue weighted by atomic mass is 35.5. The first-order valence-corrected chi connectivity index (χ1v) is 4.87. The Morgan fingerprint density at radius 3 is 2.14 bits per heavy atom. The zero-order valence-electron chi connectivity index (χ0n) is 7.50. The number of rotatable bonds is 3. The Labute approximate surface area is 92.6 Å². The fraction of sp³-hybridized carbons (Fsp3) is 0.333. The molecule has 0 aromatic heterocycles. The molecule has 5 heteroatoms. The molecule has 3 nitrogen and oxygen atoms in total. The van der Waals surface area contributed by atoms with Gasteiger partial charge in [-0.3, -0.25) is 0 Å². The van der Waals surface area contributed by atoms with E-state index < -0.39 is 5.60 Å². The Balaban J connectivity index is 3.12. The molecule has 0 aliphatic carbocycles. The second-order valence-corrected chi connectivity index (χ2v) is 3.88. The van der Waals surface area contributed by atoms with Crippen LogP contribution in [0.3, 0.4) is 0 Å². The van der Waals surface area contributed by atoms with Gasteiger partial charge in [0.1, 0.15) is 5.60 Å². The third kappa shape index (κ3) is 2.19. The standard InChI is InChI=1S/C9H12Cl2N2O/c10-7-2-1-6(3-8(7)11)9(14,4-12)5-13/h1-3,14H,4-5,12-13H2. The molecule has 78 valence electrons. The maximum absolute atomic E-state index is 9.96. The Morgan fingerprint density at radius 2 is 1.71 bits per heavy atom. The van der Waals surface area contributed by atoms with Gasteiger partial charge in [-0.15, -0.1) is 0 Å². The Morgan fingerprint density at radius 1 is 1.14 bits per heavy atom. The van der Waals surface area contributed by atoms with Gasteiger partial charge in [-0.1, -0.05) is 29.3 Å². The minimum Gasteiger partial charge on any atom is -0.383 e. The summed E-state index contributed by atoms with van der Waals surface area (Å²) in [6.45, 7) is 0.0862. The van der Waals surface area contributed by atoms with Crippen molar-refractivity contribution in [3.63, 3.8) is 0 Å². The second-order valence-electron chi connectivity index (χ2n) is 3.07. The summed E-state index contributed by atoms with van der Waals surface area (Å²) in [7, 11) is 0. The van der Waals surface area contributed by atoms with Gasteiger partial charge < -0.3 is 16.6 Å². The lowest BCUT2D eigenvalue weighted by molar-refractivity contribution is 0.0554. The molecule has 0 unspecified atom stereocenters. The smallest absolute Gasteiger partial charge is 0.114 e. The van der Waals surface area contributed by atoms with E-state index in [2.05, 4.69) is 0 Å². The molecule has 1 rings (SSSR count). The molecule has 14 heavy (non-hydrogen) atoms. The summed E-state index contributed by atoms with van der Waals surface area (Å²) in [6, 6.07) is 4.84. The largest absolute Gasteiger partial charge is 0.383 e. The predicted octanol–water partition coefficient (Wildman–Crippen LogP) is 1.10. The topological polar surface area (TPSA) is 72.3 Å². The minimum atomic E-state index is -1.23. The van der Waals surface area contributed by atoms with Gasteiger partial charge in [-0.25, -0.2) is 0 Å². The van der Waals surface area contributed by atoms with Crippen LogP contribution in [0.2, 0.25) is 10.0 Å². The second kappa shape index (κ2) is 4.47. The molecule has 0 bridgehead atoms. The van der Waals surface area contributed by atoms with Gasteiger partial charge in [0.15, 0.2) is 0 Å². The predicted molar refractivity (Wildman–Crippen MR) is 58.5 cm³/mol. The number of nitrogens with two attached hydrogens (primary N) is 2. The first-order valence-electron chi connectivity index (χ1n) is 4.11. The lowest BCUT2D eigenvalue weighted by atomic mass is 9.94. The third-order valence-electron chi connectivity index (χ3n) is 2.13. The highest BCUT2D eigenvalue weighted by molar-refractivity contribution is 6.42. The van der Waals surface area contributed by atoms with Crippen LogP contribution in [0.15, 0.2) is 18.2 Å². The molecule has 0 atom stereocenters. The Bertz CT molecular complexity index is 327. The molecular formula is C9H12Cl2N2O. The van der Waals surface area contributed by atoms with E-state index in [9.17, 15) is 5.11 Å². The first kappa shape index (κ1) is 11.8. The number of benzene rings is 1. The summed E-state index contributed by atoms with van der Waals surface area (Å²) in [5, 5.41) is 10.8. The van der Waals surface area contributed by atoms with Crippen molar-refractivity contribution >= 4 is 23.2 Å². The molecule has 0 saturated carbocycles. The van der Waals surface area contributed by atoms with Crippen molar-refractivity contribution in [2.45, 2.75) is 5.60 Å². The van der Waals surface area contributed by atoms with E-state index in [0.717, 1.165) is 0 Å². The van der Waals surface area contributed by atoms with Crippen LogP contribution in [0.1, 0.15) is 5.56 Å². The van der Waals surface area contributed by atoms with Crippen molar-refractivity contribution < 1.29 is 5.11 Å². The summed E-state index contributed by atoms with van der Waals surface area (Å²) in [5.74, 6) is 0. The molecule has 1 aromatic rings. The molecule has 5 N–H and O–H groups in total. The van der Waals surface area contributed by atoms with E-state index in [1.165, 1.54) is 0 Å². The van der Waals surface area contributed by atoms with E-state index in [1.54, 1.807) is 18.2 Å². The zero-order valence-corrected chi connectivity index (χ0v) is 9.02. The molecule has 0 heterocycles. The molecule has 0 amide bonds. The van der Waals surface area contributed by atoms with Crippen LogP contribution in [-0.4, -0.2) is 18.2 Å². The summed E-state index contributed by atoms with van der Waals surface area (Å²) >= 11 is 11.6. The van der Waals surface area contributed by atoms with Crippen molar-refractivity contribution in [2.75, 3.05) is 13.1 Å². The third-order valence-corrected chi connectivity index (χ3v) is 2.87. The maximum Gasteiger partial charge on any atom is 0.114 e. The van der Waals surface area contributed by atoms with Crippen molar-refractivity contribution in [3.05, 3.63) is 33.8 Å². The number of aliphatic hydroxyl groups is 1. The number of halogens is 2. The van der Waals surface area contributed by atoms with Gasteiger partial charge >= 0.3 is 0 Å². The molecule has 0 fully saturated rings. The number of hydrogen-bond acceptors (Lipinski definition) is 3. The Hall–Kier alpha value is -0.320. The fourth-order valence-corrected chi connectivity index (χ4v) is 1.40. The van der Waals surface area contributed by atoms with E-state index in [-0.39, 0.29) is 13.1 Å². The average Bonchev–Trinajstić information content (AvgIpc) is 2.21. The summed E-state index contributed by atoms with van der Waals surface area (Å²) in [6.07, 6.45) is 0. The van der Waals surface area contributed by atoms with Crippen molar-refractivity contribution in [2.24, 2.45) is 11.5 Å². The normalized spacial score (nSPS) is 11.8. The highest BCUT2D eigenvalue weighted by Crippen LogP contribution is 2.27. The number of hydrogen-bond donors (Lipinski definition) is 3. The molecule has 0 saturated heterocycles. The molecule has 1 aromatic carbocycles. The van der Waals surface area contributed by atoms with Gasteiger partial charge in [0, 0.05) is 13.1 Å². The lowest BCUT2D eigenvalue weighted by Crippen LogP contribution is -2.41. The van der Waals surface area contributed by atoms with Crippen molar-refractivity contribution in [1.82, 2.24) is 0 Å². The fourth-order valence-electron chi connectivity index (χ4n) is 1.10. The van der Waals surface area contributed by atoms with Gasteiger partial charge in [-0.05, 0) is 17.7 Å². The maximum atomic E-state index is 9.96. The molecule has 0 radical (unpaired) electrons. The molecule has 0 spiro atoms. The van der Waals surface area contributed by atoms with Crippen LogP contribution < -0.4 is 11.5 Å². The van der Waals surface area contributed by atoms with Gasteiger partial charge in [0.25, 0.3) is 0 Å². The summed E-state index contributed by atoms with van der Waals surface area (Å²) in [4.78, 5) is 0. The van der Waals surface area contributed by atoms with Crippen LogP contribution in [0.4, 0.5) is 0 Å². The van der Waals surface area contributed by atoms with Crippen molar-refractivity contribution in [3.8, 4) is 0 Å². The monoisotopic (exact) mass is 234 g/mol. The minimum absolute atomic E-state index is 0.0431. The Kier molecular flexibility index (Phi) is 3.75. The zero-order chi connectivity index (χ0) is 10.8. The molecular weight excluding hydrogens is 223 g/mol. The average molecular weight is 235 g/mol. The van der Waals surface area contributed by atoms with Crippen molar-refractivity contribution in [1.29, 1.82) is 0 Å². The van der Waals surface area contributed by atoms with E-state index in [0.29, 0.717) is 15.6 Å². The van der Waals surface area contributed by atoms with Gasteiger partial charge in [0.05, 0.1) is 10.0 Å². The lowest BCUT2D eigenvalue weighted by Gasteiger charge is -2.25. The van der Waals surface area contributed by atoms with Crippen LogP contribution in [0, 0.1) is 0 Å². The SMILES string of the molecule is NCC(O)(CN)c1ccc(Cl)c(Cl)c1. The van der Waals surface area contributed by atoms with E-state index >= 15 is 0 Å². The molecule has 0 aliphatic rings. The quantitative estimate of drug-likeness (QED) is 0.734. The van der Waals surface area contributed by atoms with Crippen LogP contribution >= 0.6 is 23.2 Å². The van der Waals surface area contributed by atoms with E-state index in [4.69, 9.17) is 34.7 Å². The first-order chi connectivity index (χ1) is 6.53. The van der Waals surface area contributed by atoms with E-state index in [1.807, 2.05) is 0 Å². The summed E-state index contributed by atoms with van der Waals surface area (Å²) in [5.41, 5.74) is 10.2. The van der Waals surface area contributed by atoms with Crippen LogP contribution in [0.25, 0.3) is 0 Å². The van der Waals surface area contributed by atoms with Gasteiger partial charge in [-0.2, -0.15) is 0 Å². The van der Waals surface area contributed by atoms with Crippen LogP contribution in [-0.2, 0) is 5.60 Å². The molecule has 0 aliphatic heterocycles. The van der Waals surface area contributed by atoms with Gasteiger partial charge in [0.2, 0.25) is 0 Å². The highest BCUT2D eigenvalue weighted by Gasteiger charge is 2.26.